The predicted octanol–water partition coefficient (Wildman–Crippen LogP) is 2.16. The van der Waals surface area contributed by atoms with Crippen LogP contribution in [0.2, 0.25) is 0 Å². The molecule has 1 unspecified atom stereocenters. The molecule has 2 N–H and O–H groups in total. The van der Waals surface area contributed by atoms with E-state index < -0.39 is 0 Å². The summed E-state index contributed by atoms with van der Waals surface area (Å²) >= 11 is 0. The van der Waals surface area contributed by atoms with Crippen molar-refractivity contribution in [2.75, 3.05) is 6.54 Å². The van der Waals surface area contributed by atoms with Crippen LogP contribution in [0.25, 0.3) is 0 Å². The van der Waals surface area contributed by atoms with Gasteiger partial charge in [0, 0.05) is 11.6 Å². The molecule has 108 valence electrons. The van der Waals surface area contributed by atoms with Crippen molar-refractivity contribution in [1.82, 2.24) is 10.6 Å². The summed E-state index contributed by atoms with van der Waals surface area (Å²) in [5, 5.41) is 6.66. The molecule has 1 spiro atoms. The van der Waals surface area contributed by atoms with Crippen molar-refractivity contribution in [3.63, 3.8) is 0 Å². The summed E-state index contributed by atoms with van der Waals surface area (Å²) < 4.78 is 13.5. The highest BCUT2D eigenvalue weighted by atomic mass is 19.1. The van der Waals surface area contributed by atoms with Crippen molar-refractivity contribution in [3.8, 4) is 0 Å². The van der Waals surface area contributed by atoms with Gasteiger partial charge in [-0.25, -0.2) is 4.39 Å². The molecule has 20 heavy (non-hydrogen) atoms. The fraction of sp³-hybridized carbons (Fsp3) is 0.562. The van der Waals surface area contributed by atoms with Crippen LogP contribution in [0.15, 0.2) is 24.3 Å². The Morgan fingerprint density at radius 1 is 1.40 bits per heavy atom. The Hall–Kier alpha value is -1.42. The summed E-state index contributed by atoms with van der Waals surface area (Å²) in [4.78, 5) is 12.1. The maximum absolute atomic E-state index is 13.5. The molecule has 1 atom stereocenters. The van der Waals surface area contributed by atoms with Gasteiger partial charge in [-0.1, -0.05) is 18.2 Å². The first kappa shape index (κ1) is 13.6. The average molecular weight is 276 g/mol. The number of benzene rings is 1. The molecule has 1 saturated heterocycles. The van der Waals surface area contributed by atoms with Gasteiger partial charge in [-0.2, -0.15) is 0 Å². The van der Waals surface area contributed by atoms with Crippen molar-refractivity contribution in [3.05, 3.63) is 35.6 Å². The minimum Gasteiger partial charge on any atom is -0.353 e. The van der Waals surface area contributed by atoms with Crippen LogP contribution in [0.5, 0.6) is 0 Å². The lowest BCUT2D eigenvalue weighted by atomic mass is 9.70. The van der Waals surface area contributed by atoms with Crippen LogP contribution in [0.3, 0.4) is 0 Å². The largest absolute Gasteiger partial charge is 0.353 e. The molecule has 1 amide bonds. The third-order valence-electron chi connectivity index (χ3n) is 4.61. The van der Waals surface area contributed by atoms with Crippen LogP contribution >= 0.6 is 0 Å². The van der Waals surface area contributed by atoms with Crippen LogP contribution in [-0.2, 0) is 11.2 Å². The molecule has 3 rings (SSSR count). The van der Waals surface area contributed by atoms with E-state index in [2.05, 4.69) is 10.6 Å². The number of carbonyl (C=O) groups excluding carboxylic acids is 1. The van der Waals surface area contributed by atoms with E-state index in [1.807, 2.05) is 0 Å². The summed E-state index contributed by atoms with van der Waals surface area (Å²) in [7, 11) is 0. The highest BCUT2D eigenvalue weighted by molar-refractivity contribution is 5.78. The first-order chi connectivity index (χ1) is 9.67. The SMILES string of the molecule is O=C(Cc1ccccc1F)NC1CCNC2(CCC2)C1. The number of hydrogen-bond acceptors (Lipinski definition) is 2. The molecule has 2 aliphatic rings. The smallest absolute Gasteiger partial charge is 0.224 e. The van der Waals surface area contributed by atoms with Crippen molar-refractivity contribution in [2.45, 2.75) is 50.1 Å². The Morgan fingerprint density at radius 3 is 2.90 bits per heavy atom. The van der Waals surface area contributed by atoms with Gasteiger partial charge in [-0.3, -0.25) is 4.79 Å². The minimum atomic E-state index is -0.302. The number of amides is 1. The standard InChI is InChI=1S/C16H21FN2O/c17-14-5-2-1-4-12(14)10-15(20)19-13-6-9-18-16(11-13)7-3-8-16/h1-2,4-5,13,18H,3,6-11H2,(H,19,20). The Labute approximate surface area is 118 Å². The molecular formula is C16H21FN2O. The van der Waals surface area contributed by atoms with Gasteiger partial charge in [-0.15, -0.1) is 0 Å². The van der Waals surface area contributed by atoms with Crippen LogP contribution in [-0.4, -0.2) is 24.0 Å². The average Bonchev–Trinajstić information content (AvgIpc) is 2.40. The molecule has 1 aromatic carbocycles. The van der Waals surface area contributed by atoms with E-state index in [4.69, 9.17) is 0 Å². The summed E-state index contributed by atoms with van der Waals surface area (Å²) in [5.41, 5.74) is 0.742. The van der Waals surface area contributed by atoms with Gasteiger partial charge in [0.1, 0.15) is 5.82 Å². The third-order valence-corrected chi connectivity index (χ3v) is 4.61. The molecule has 2 fully saturated rings. The number of carbonyl (C=O) groups is 1. The van der Waals surface area contributed by atoms with Gasteiger partial charge >= 0.3 is 0 Å². The lowest BCUT2D eigenvalue weighted by Crippen LogP contribution is -2.59. The van der Waals surface area contributed by atoms with Gasteiger partial charge < -0.3 is 10.6 Å². The second-order valence-electron chi connectivity index (χ2n) is 6.09. The predicted molar refractivity (Wildman–Crippen MR) is 75.9 cm³/mol. The molecule has 1 heterocycles. The zero-order valence-electron chi connectivity index (χ0n) is 11.6. The van der Waals surface area contributed by atoms with Gasteiger partial charge in [0.05, 0.1) is 6.42 Å². The van der Waals surface area contributed by atoms with Crippen LogP contribution in [0.1, 0.15) is 37.7 Å². The van der Waals surface area contributed by atoms with Gasteiger partial charge in [0.15, 0.2) is 0 Å². The van der Waals surface area contributed by atoms with Gasteiger partial charge in [0.25, 0.3) is 0 Å². The lowest BCUT2D eigenvalue weighted by molar-refractivity contribution is -0.121. The zero-order chi connectivity index (χ0) is 14.0. The van der Waals surface area contributed by atoms with E-state index in [9.17, 15) is 9.18 Å². The Kier molecular flexibility index (Phi) is 3.74. The number of halogens is 1. The summed E-state index contributed by atoms with van der Waals surface area (Å²) in [6, 6.07) is 6.71. The van der Waals surface area contributed by atoms with Crippen molar-refractivity contribution in [2.24, 2.45) is 0 Å². The second-order valence-corrected chi connectivity index (χ2v) is 6.09. The first-order valence-electron chi connectivity index (χ1n) is 7.45. The molecule has 0 radical (unpaired) electrons. The topological polar surface area (TPSA) is 41.1 Å². The molecule has 3 nitrogen and oxygen atoms in total. The molecule has 1 aliphatic carbocycles. The second kappa shape index (κ2) is 5.52. The monoisotopic (exact) mass is 276 g/mol. The van der Waals surface area contributed by atoms with E-state index >= 15 is 0 Å². The number of nitrogens with one attached hydrogen (secondary N) is 2. The maximum Gasteiger partial charge on any atom is 0.224 e. The number of hydrogen-bond donors (Lipinski definition) is 2. The summed E-state index contributed by atoms with van der Waals surface area (Å²) in [6.45, 7) is 0.963. The zero-order valence-corrected chi connectivity index (χ0v) is 11.6. The van der Waals surface area contributed by atoms with Gasteiger partial charge in [-0.05, 0) is 50.3 Å². The normalized spacial score (nSPS) is 24.1. The summed E-state index contributed by atoms with van der Waals surface area (Å²) in [6.07, 6.45) is 5.81. The van der Waals surface area contributed by atoms with Crippen molar-refractivity contribution in [1.29, 1.82) is 0 Å². The van der Waals surface area contributed by atoms with Crippen molar-refractivity contribution >= 4 is 5.91 Å². The Balaban J connectivity index is 1.55. The molecule has 4 heteroatoms. The number of rotatable bonds is 3. The first-order valence-corrected chi connectivity index (χ1v) is 7.45. The highest BCUT2D eigenvalue weighted by Crippen LogP contribution is 2.38. The number of piperidine rings is 1. The molecule has 0 aromatic heterocycles. The molecule has 1 aromatic rings. The lowest BCUT2D eigenvalue weighted by Gasteiger charge is -2.48. The molecular weight excluding hydrogens is 255 g/mol. The van der Waals surface area contributed by atoms with Crippen molar-refractivity contribution < 1.29 is 9.18 Å². The fourth-order valence-corrected chi connectivity index (χ4v) is 3.36. The van der Waals surface area contributed by atoms with Crippen LogP contribution in [0.4, 0.5) is 4.39 Å². The summed E-state index contributed by atoms with van der Waals surface area (Å²) in [5.74, 6) is -0.375. The highest BCUT2D eigenvalue weighted by Gasteiger charge is 2.41. The van der Waals surface area contributed by atoms with E-state index in [0.29, 0.717) is 5.56 Å². The molecule has 1 saturated carbocycles. The fourth-order valence-electron chi connectivity index (χ4n) is 3.36. The van der Waals surface area contributed by atoms with E-state index in [1.54, 1.807) is 18.2 Å². The van der Waals surface area contributed by atoms with E-state index in [-0.39, 0.29) is 29.7 Å². The minimum absolute atomic E-state index is 0.0727. The van der Waals surface area contributed by atoms with Crippen LogP contribution < -0.4 is 10.6 Å². The van der Waals surface area contributed by atoms with E-state index in [1.165, 1.54) is 25.3 Å². The third kappa shape index (κ3) is 2.85. The maximum atomic E-state index is 13.5. The van der Waals surface area contributed by atoms with E-state index in [0.717, 1.165) is 19.4 Å². The Bertz CT molecular complexity index is 499. The molecule has 0 bridgehead atoms. The van der Waals surface area contributed by atoms with Gasteiger partial charge in [0.2, 0.25) is 5.91 Å². The Morgan fingerprint density at radius 2 is 2.20 bits per heavy atom. The quantitative estimate of drug-likeness (QED) is 0.888. The van der Waals surface area contributed by atoms with Crippen LogP contribution in [0, 0.1) is 5.82 Å². The molecule has 1 aliphatic heterocycles.